The third-order valence-corrected chi connectivity index (χ3v) is 3.06. The van der Waals surface area contributed by atoms with Crippen molar-refractivity contribution >= 4 is 5.69 Å². The number of hydrogen-bond acceptors (Lipinski definition) is 3. The summed E-state index contributed by atoms with van der Waals surface area (Å²) in [5.74, 6) is 0. The summed E-state index contributed by atoms with van der Waals surface area (Å²) in [6.07, 6.45) is 0. The molecule has 2 N–H and O–H groups in total. The smallest absolute Gasteiger partial charge is 0.0637 e. The van der Waals surface area contributed by atoms with Gasteiger partial charge >= 0.3 is 0 Å². The number of hydrogen-bond donors (Lipinski definition) is 2. The molecule has 1 heterocycles. The first kappa shape index (κ1) is 11.4. The molecule has 0 amide bonds. The van der Waals surface area contributed by atoms with Gasteiger partial charge in [-0.25, -0.2) is 0 Å². The fourth-order valence-electron chi connectivity index (χ4n) is 1.84. The van der Waals surface area contributed by atoms with Crippen LogP contribution in [-0.2, 0) is 4.74 Å². The lowest BCUT2D eigenvalue weighted by molar-refractivity contribution is 0.0806. The number of morpholine rings is 1. The Kier molecular flexibility index (Phi) is 3.80. The standard InChI is InChI=1S/C13H20N2O/c1-10-3-4-12(7-11(10)2)15-8-13-9-16-6-5-14-13/h3-4,7,13-15H,5-6,8-9H2,1-2H3. The van der Waals surface area contributed by atoms with E-state index in [-0.39, 0.29) is 0 Å². The lowest BCUT2D eigenvalue weighted by Gasteiger charge is -2.24. The van der Waals surface area contributed by atoms with E-state index in [2.05, 4.69) is 42.7 Å². The Morgan fingerprint density at radius 1 is 1.38 bits per heavy atom. The van der Waals surface area contributed by atoms with Crippen LogP contribution in [0.3, 0.4) is 0 Å². The molecule has 1 aromatic rings. The Balaban J connectivity index is 1.86. The summed E-state index contributed by atoms with van der Waals surface area (Å²) in [6.45, 7) is 7.79. The molecule has 3 heteroatoms. The second-order valence-electron chi connectivity index (χ2n) is 4.41. The summed E-state index contributed by atoms with van der Waals surface area (Å²) < 4.78 is 5.41. The minimum Gasteiger partial charge on any atom is -0.383 e. The normalized spacial score (nSPS) is 20.8. The van der Waals surface area contributed by atoms with Crippen molar-refractivity contribution in [3.63, 3.8) is 0 Å². The molecule has 16 heavy (non-hydrogen) atoms. The van der Waals surface area contributed by atoms with Crippen LogP contribution in [0.25, 0.3) is 0 Å². The molecule has 0 radical (unpaired) electrons. The van der Waals surface area contributed by atoms with Gasteiger partial charge in [-0.1, -0.05) is 6.07 Å². The Hall–Kier alpha value is -1.06. The van der Waals surface area contributed by atoms with Gasteiger partial charge in [-0.2, -0.15) is 0 Å². The van der Waals surface area contributed by atoms with E-state index in [0.29, 0.717) is 6.04 Å². The Labute approximate surface area is 97.2 Å². The van der Waals surface area contributed by atoms with Crippen molar-refractivity contribution in [2.45, 2.75) is 19.9 Å². The molecular weight excluding hydrogens is 200 g/mol. The van der Waals surface area contributed by atoms with Crippen molar-refractivity contribution in [3.05, 3.63) is 29.3 Å². The van der Waals surface area contributed by atoms with Crippen LogP contribution in [0.1, 0.15) is 11.1 Å². The first-order valence-electron chi connectivity index (χ1n) is 5.88. The molecule has 3 nitrogen and oxygen atoms in total. The van der Waals surface area contributed by atoms with Crippen LogP contribution in [0.5, 0.6) is 0 Å². The first-order valence-corrected chi connectivity index (χ1v) is 5.88. The number of rotatable bonds is 3. The number of ether oxygens (including phenoxy) is 1. The van der Waals surface area contributed by atoms with Crippen molar-refractivity contribution in [2.24, 2.45) is 0 Å². The number of anilines is 1. The van der Waals surface area contributed by atoms with Gasteiger partial charge in [0.1, 0.15) is 0 Å². The highest BCUT2D eigenvalue weighted by Crippen LogP contribution is 2.14. The Morgan fingerprint density at radius 3 is 2.94 bits per heavy atom. The van der Waals surface area contributed by atoms with Crippen molar-refractivity contribution < 1.29 is 4.74 Å². The monoisotopic (exact) mass is 220 g/mol. The largest absolute Gasteiger partial charge is 0.383 e. The zero-order valence-corrected chi connectivity index (χ0v) is 10.0. The highest BCUT2D eigenvalue weighted by molar-refractivity contribution is 5.48. The average molecular weight is 220 g/mol. The van der Waals surface area contributed by atoms with E-state index in [9.17, 15) is 0 Å². The van der Waals surface area contributed by atoms with Crippen LogP contribution in [0.15, 0.2) is 18.2 Å². The van der Waals surface area contributed by atoms with Gasteiger partial charge in [0.25, 0.3) is 0 Å². The molecule has 0 bridgehead atoms. The van der Waals surface area contributed by atoms with E-state index in [0.717, 1.165) is 26.3 Å². The number of benzene rings is 1. The van der Waals surface area contributed by atoms with Gasteiger partial charge in [0.15, 0.2) is 0 Å². The van der Waals surface area contributed by atoms with Crippen LogP contribution in [0, 0.1) is 13.8 Å². The highest BCUT2D eigenvalue weighted by atomic mass is 16.5. The molecule has 0 spiro atoms. The molecule has 1 unspecified atom stereocenters. The van der Waals surface area contributed by atoms with Gasteiger partial charge < -0.3 is 15.4 Å². The first-order chi connectivity index (χ1) is 7.75. The molecule has 0 aromatic heterocycles. The van der Waals surface area contributed by atoms with E-state index < -0.39 is 0 Å². The van der Waals surface area contributed by atoms with Gasteiger partial charge in [0, 0.05) is 24.8 Å². The molecule has 1 aliphatic heterocycles. The van der Waals surface area contributed by atoms with Gasteiger partial charge in [-0.15, -0.1) is 0 Å². The third kappa shape index (κ3) is 2.97. The predicted molar refractivity (Wildman–Crippen MR) is 67.0 cm³/mol. The summed E-state index contributed by atoms with van der Waals surface area (Å²) in [4.78, 5) is 0. The van der Waals surface area contributed by atoms with E-state index in [1.165, 1.54) is 16.8 Å². The summed E-state index contributed by atoms with van der Waals surface area (Å²) in [5, 5.41) is 6.87. The fourth-order valence-corrected chi connectivity index (χ4v) is 1.84. The molecule has 2 rings (SSSR count). The highest BCUT2D eigenvalue weighted by Gasteiger charge is 2.12. The summed E-state index contributed by atoms with van der Waals surface area (Å²) >= 11 is 0. The van der Waals surface area contributed by atoms with Gasteiger partial charge in [0.2, 0.25) is 0 Å². The number of nitrogens with one attached hydrogen (secondary N) is 2. The molecule has 0 saturated carbocycles. The van der Waals surface area contributed by atoms with Crippen LogP contribution in [0.4, 0.5) is 5.69 Å². The Morgan fingerprint density at radius 2 is 2.25 bits per heavy atom. The summed E-state index contributed by atoms with van der Waals surface area (Å²) in [6, 6.07) is 6.91. The van der Waals surface area contributed by atoms with E-state index >= 15 is 0 Å². The van der Waals surface area contributed by atoms with E-state index in [1.54, 1.807) is 0 Å². The van der Waals surface area contributed by atoms with Crippen LogP contribution in [-0.4, -0.2) is 32.3 Å². The SMILES string of the molecule is Cc1ccc(NCC2COCCN2)cc1C. The Bertz CT molecular complexity index is 346. The maximum atomic E-state index is 5.41. The van der Waals surface area contributed by atoms with Crippen molar-refractivity contribution in [3.8, 4) is 0 Å². The lowest BCUT2D eigenvalue weighted by atomic mass is 10.1. The molecule has 0 aliphatic carbocycles. The maximum Gasteiger partial charge on any atom is 0.0637 e. The van der Waals surface area contributed by atoms with E-state index in [4.69, 9.17) is 4.74 Å². The molecule has 1 saturated heterocycles. The fraction of sp³-hybridized carbons (Fsp3) is 0.538. The number of aryl methyl sites for hydroxylation is 2. The quantitative estimate of drug-likeness (QED) is 0.813. The van der Waals surface area contributed by atoms with Crippen molar-refractivity contribution in [2.75, 3.05) is 31.6 Å². The van der Waals surface area contributed by atoms with Crippen LogP contribution < -0.4 is 10.6 Å². The van der Waals surface area contributed by atoms with Gasteiger partial charge in [0.05, 0.1) is 13.2 Å². The topological polar surface area (TPSA) is 33.3 Å². The average Bonchev–Trinajstić information content (AvgIpc) is 2.32. The van der Waals surface area contributed by atoms with Gasteiger partial charge in [-0.3, -0.25) is 0 Å². The molecule has 1 aromatic carbocycles. The van der Waals surface area contributed by atoms with Crippen molar-refractivity contribution in [1.82, 2.24) is 5.32 Å². The maximum absolute atomic E-state index is 5.41. The molecule has 1 fully saturated rings. The zero-order chi connectivity index (χ0) is 11.4. The van der Waals surface area contributed by atoms with E-state index in [1.807, 2.05) is 0 Å². The predicted octanol–water partition coefficient (Wildman–Crippen LogP) is 1.70. The van der Waals surface area contributed by atoms with Crippen LogP contribution in [0.2, 0.25) is 0 Å². The second-order valence-corrected chi connectivity index (χ2v) is 4.41. The zero-order valence-electron chi connectivity index (χ0n) is 10.0. The van der Waals surface area contributed by atoms with Gasteiger partial charge in [-0.05, 0) is 37.1 Å². The molecular formula is C13H20N2O. The second kappa shape index (κ2) is 5.32. The lowest BCUT2D eigenvalue weighted by Crippen LogP contribution is -2.45. The third-order valence-electron chi connectivity index (χ3n) is 3.06. The van der Waals surface area contributed by atoms with Crippen molar-refractivity contribution in [1.29, 1.82) is 0 Å². The molecule has 1 aliphatic rings. The minimum absolute atomic E-state index is 0.426. The molecule has 1 atom stereocenters. The molecule has 88 valence electrons. The summed E-state index contributed by atoms with van der Waals surface area (Å²) in [7, 11) is 0. The summed E-state index contributed by atoms with van der Waals surface area (Å²) in [5.41, 5.74) is 3.86. The van der Waals surface area contributed by atoms with Crippen LogP contribution >= 0.6 is 0 Å². The minimum atomic E-state index is 0.426.